The SMILES string of the molecule is NCC1CC(=O)N(c2cc(Cl)cc(Br)c2)C1. The number of amides is 1. The summed E-state index contributed by atoms with van der Waals surface area (Å²) in [7, 11) is 0. The summed E-state index contributed by atoms with van der Waals surface area (Å²) in [5.41, 5.74) is 6.42. The number of carbonyl (C=O) groups excluding carboxylic acids is 1. The maximum atomic E-state index is 11.8. The number of nitrogens with two attached hydrogens (primary N) is 1. The topological polar surface area (TPSA) is 46.3 Å². The van der Waals surface area contributed by atoms with Gasteiger partial charge < -0.3 is 10.6 Å². The molecule has 86 valence electrons. The van der Waals surface area contributed by atoms with E-state index in [1.807, 2.05) is 6.07 Å². The molecule has 0 saturated carbocycles. The van der Waals surface area contributed by atoms with Gasteiger partial charge in [-0.15, -0.1) is 0 Å². The van der Waals surface area contributed by atoms with Crippen LogP contribution in [0.15, 0.2) is 22.7 Å². The Balaban J connectivity index is 2.27. The van der Waals surface area contributed by atoms with Crippen molar-refractivity contribution < 1.29 is 4.79 Å². The van der Waals surface area contributed by atoms with Crippen LogP contribution in [0.2, 0.25) is 5.02 Å². The van der Waals surface area contributed by atoms with Gasteiger partial charge in [-0.25, -0.2) is 0 Å². The lowest BCUT2D eigenvalue weighted by Crippen LogP contribution is -2.25. The molecule has 1 atom stereocenters. The lowest BCUT2D eigenvalue weighted by molar-refractivity contribution is -0.117. The van der Waals surface area contributed by atoms with Crippen molar-refractivity contribution in [2.75, 3.05) is 18.0 Å². The highest BCUT2D eigenvalue weighted by Gasteiger charge is 2.29. The van der Waals surface area contributed by atoms with Crippen molar-refractivity contribution in [3.05, 3.63) is 27.7 Å². The Morgan fingerprint density at radius 1 is 1.50 bits per heavy atom. The summed E-state index contributed by atoms with van der Waals surface area (Å²) < 4.78 is 0.874. The van der Waals surface area contributed by atoms with Gasteiger partial charge in [-0.05, 0) is 30.7 Å². The smallest absolute Gasteiger partial charge is 0.227 e. The van der Waals surface area contributed by atoms with Gasteiger partial charge in [-0.3, -0.25) is 4.79 Å². The van der Waals surface area contributed by atoms with Gasteiger partial charge in [0, 0.05) is 28.1 Å². The summed E-state index contributed by atoms with van der Waals surface area (Å²) in [6.07, 6.45) is 0.528. The number of halogens is 2. The van der Waals surface area contributed by atoms with E-state index in [2.05, 4.69) is 15.9 Å². The minimum Gasteiger partial charge on any atom is -0.330 e. The number of hydrogen-bond acceptors (Lipinski definition) is 2. The van der Waals surface area contributed by atoms with Crippen molar-refractivity contribution >= 4 is 39.1 Å². The van der Waals surface area contributed by atoms with E-state index < -0.39 is 0 Å². The quantitative estimate of drug-likeness (QED) is 0.912. The van der Waals surface area contributed by atoms with E-state index in [0.29, 0.717) is 24.5 Å². The molecule has 1 saturated heterocycles. The average molecular weight is 304 g/mol. The van der Waals surface area contributed by atoms with Gasteiger partial charge in [0.2, 0.25) is 5.91 Å². The fraction of sp³-hybridized carbons (Fsp3) is 0.364. The van der Waals surface area contributed by atoms with Gasteiger partial charge in [-0.2, -0.15) is 0 Å². The first kappa shape index (κ1) is 11.9. The zero-order valence-electron chi connectivity index (χ0n) is 8.62. The molecule has 1 unspecified atom stereocenters. The third-order valence-corrected chi connectivity index (χ3v) is 3.37. The first-order chi connectivity index (χ1) is 7.60. The summed E-state index contributed by atoms with van der Waals surface area (Å²) >= 11 is 9.32. The molecule has 0 spiro atoms. The van der Waals surface area contributed by atoms with Crippen molar-refractivity contribution in [2.24, 2.45) is 11.7 Å². The summed E-state index contributed by atoms with van der Waals surface area (Å²) in [5, 5.41) is 0.619. The normalized spacial score (nSPS) is 20.6. The second-order valence-corrected chi connectivity index (χ2v) is 5.29. The molecule has 1 heterocycles. The molecule has 0 aliphatic carbocycles. The Kier molecular flexibility index (Phi) is 3.52. The lowest BCUT2D eigenvalue weighted by atomic mass is 10.1. The fourth-order valence-corrected chi connectivity index (χ4v) is 2.73. The maximum Gasteiger partial charge on any atom is 0.227 e. The second kappa shape index (κ2) is 4.73. The van der Waals surface area contributed by atoms with Crippen LogP contribution in [0, 0.1) is 5.92 Å². The lowest BCUT2D eigenvalue weighted by Gasteiger charge is -2.17. The molecule has 1 aromatic carbocycles. The third kappa shape index (κ3) is 2.39. The molecule has 0 bridgehead atoms. The van der Waals surface area contributed by atoms with Gasteiger partial charge in [0.05, 0.1) is 0 Å². The van der Waals surface area contributed by atoms with Crippen molar-refractivity contribution in [1.29, 1.82) is 0 Å². The van der Waals surface area contributed by atoms with Gasteiger partial charge in [0.25, 0.3) is 0 Å². The number of benzene rings is 1. The molecule has 0 aromatic heterocycles. The highest BCUT2D eigenvalue weighted by molar-refractivity contribution is 9.10. The second-order valence-electron chi connectivity index (χ2n) is 3.94. The predicted octanol–water partition coefficient (Wildman–Crippen LogP) is 2.41. The van der Waals surface area contributed by atoms with E-state index >= 15 is 0 Å². The molecule has 1 aliphatic heterocycles. The molecule has 2 rings (SSSR count). The molecule has 1 amide bonds. The summed E-state index contributed by atoms with van der Waals surface area (Å²) in [4.78, 5) is 13.5. The predicted molar refractivity (Wildman–Crippen MR) is 68.7 cm³/mol. The average Bonchev–Trinajstić information content (AvgIpc) is 2.58. The van der Waals surface area contributed by atoms with Crippen LogP contribution in [0.25, 0.3) is 0 Å². The van der Waals surface area contributed by atoms with Crippen molar-refractivity contribution in [3.8, 4) is 0 Å². The van der Waals surface area contributed by atoms with Crippen LogP contribution in [0.5, 0.6) is 0 Å². The Morgan fingerprint density at radius 2 is 2.25 bits per heavy atom. The summed E-state index contributed by atoms with van der Waals surface area (Å²) in [5.74, 6) is 0.370. The highest BCUT2D eigenvalue weighted by atomic mass is 79.9. The molecule has 16 heavy (non-hydrogen) atoms. The van der Waals surface area contributed by atoms with Crippen LogP contribution in [0.4, 0.5) is 5.69 Å². The minimum atomic E-state index is 0.115. The van der Waals surface area contributed by atoms with Crippen LogP contribution < -0.4 is 10.6 Å². The standard InChI is InChI=1S/C11H12BrClN2O/c12-8-2-9(13)4-10(3-8)15-6-7(5-14)1-11(15)16/h2-4,7H,1,5-6,14H2. The number of rotatable bonds is 2. The fourth-order valence-electron chi connectivity index (χ4n) is 1.88. The van der Waals surface area contributed by atoms with Crippen LogP contribution >= 0.6 is 27.5 Å². The molecule has 1 aromatic rings. The van der Waals surface area contributed by atoms with Crippen molar-refractivity contribution in [1.82, 2.24) is 0 Å². The first-order valence-electron chi connectivity index (χ1n) is 5.06. The van der Waals surface area contributed by atoms with E-state index in [-0.39, 0.29) is 11.8 Å². The minimum absolute atomic E-state index is 0.115. The molecular formula is C11H12BrClN2O. The molecule has 5 heteroatoms. The van der Waals surface area contributed by atoms with Crippen LogP contribution in [-0.4, -0.2) is 19.0 Å². The van der Waals surface area contributed by atoms with Crippen molar-refractivity contribution in [3.63, 3.8) is 0 Å². The molecule has 1 aliphatic rings. The monoisotopic (exact) mass is 302 g/mol. The molecule has 1 fully saturated rings. The van der Waals surface area contributed by atoms with E-state index in [9.17, 15) is 4.79 Å². The Bertz CT molecular complexity index is 404. The molecular weight excluding hydrogens is 291 g/mol. The maximum absolute atomic E-state index is 11.8. The van der Waals surface area contributed by atoms with Crippen LogP contribution in [-0.2, 0) is 4.79 Å². The molecule has 2 N–H and O–H groups in total. The first-order valence-corrected chi connectivity index (χ1v) is 6.24. The van der Waals surface area contributed by atoms with E-state index in [0.717, 1.165) is 10.2 Å². The zero-order valence-corrected chi connectivity index (χ0v) is 11.0. The number of anilines is 1. The van der Waals surface area contributed by atoms with Crippen LogP contribution in [0.3, 0.4) is 0 Å². The zero-order chi connectivity index (χ0) is 11.7. The van der Waals surface area contributed by atoms with Gasteiger partial charge in [-0.1, -0.05) is 27.5 Å². The van der Waals surface area contributed by atoms with E-state index in [1.54, 1.807) is 17.0 Å². The molecule has 3 nitrogen and oxygen atoms in total. The largest absolute Gasteiger partial charge is 0.330 e. The highest BCUT2D eigenvalue weighted by Crippen LogP contribution is 2.29. The van der Waals surface area contributed by atoms with Crippen LogP contribution in [0.1, 0.15) is 6.42 Å². The Labute approximate surface area is 108 Å². The van der Waals surface area contributed by atoms with Crippen molar-refractivity contribution in [2.45, 2.75) is 6.42 Å². The molecule has 0 radical (unpaired) electrons. The van der Waals surface area contributed by atoms with Gasteiger partial charge in [0.1, 0.15) is 0 Å². The van der Waals surface area contributed by atoms with E-state index in [4.69, 9.17) is 17.3 Å². The van der Waals surface area contributed by atoms with Gasteiger partial charge in [0.15, 0.2) is 0 Å². The Hall–Kier alpha value is -0.580. The number of nitrogens with zero attached hydrogens (tertiary/aromatic N) is 1. The van der Waals surface area contributed by atoms with E-state index in [1.165, 1.54) is 0 Å². The Morgan fingerprint density at radius 3 is 2.81 bits per heavy atom. The number of carbonyl (C=O) groups is 1. The van der Waals surface area contributed by atoms with Gasteiger partial charge >= 0.3 is 0 Å². The summed E-state index contributed by atoms with van der Waals surface area (Å²) in [6.45, 7) is 1.23. The summed E-state index contributed by atoms with van der Waals surface area (Å²) in [6, 6.07) is 5.48. The number of hydrogen-bond donors (Lipinski definition) is 1. The third-order valence-electron chi connectivity index (χ3n) is 2.70.